The molecule has 0 aliphatic heterocycles. The molecule has 0 radical (unpaired) electrons. The van der Waals surface area contributed by atoms with Crippen LogP contribution < -0.4 is 0 Å². The number of pyridine rings is 1. The highest BCUT2D eigenvalue weighted by molar-refractivity contribution is 6.17. The summed E-state index contributed by atoms with van der Waals surface area (Å²) in [5.74, 6) is 0. The van der Waals surface area contributed by atoms with Crippen LogP contribution in [0.1, 0.15) is 0 Å². The van der Waals surface area contributed by atoms with Crippen LogP contribution in [0.3, 0.4) is 0 Å². The minimum Gasteiger partial charge on any atom is -0.309 e. The fourth-order valence-corrected chi connectivity index (χ4v) is 8.94. The van der Waals surface area contributed by atoms with Gasteiger partial charge in [0.05, 0.1) is 27.8 Å². The summed E-state index contributed by atoms with van der Waals surface area (Å²) in [6, 6.07) is 62.4. The summed E-state index contributed by atoms with van der Waals surface area (Å²) in [5, 5.41) is 9.98. The predicted octanol–water partition coefficient (Wildman–Crippen LogP) is 12.9. The van der Waals surface area contributed by atoms with Crippen molar-refractivity contribution in [3.8, 4) is 44.9 Å². The van der Waals surface area contributed by atoms with Crippen molar-refractivity contribution in [2.45, 2.75) is 0 Å². The van der Waals surface area contributed by atoms with Gasteiger partial charge in [-0.05, 0) is 111 Å². The summed E-state index contributed by atoms with van der Waals surface area (Å²) >= 11 is 0. The average molecular weight is 660 g/mol. The molecular formula is C49H29N3. The fourth-order valence-electron chi connectivity index (χ4n) is 8.94. The highest BCUT2D eigenvalue weighted by atomic mass is 15.0. The normalized spacial score (nSPS) is 12.2. The zero-order valence-corrected chi connectivity index (χ0v) is 28.1. The zero-order chi connectivity index (χ0) is 33.9. The lowest BCUT2D eigenvalue weighted by atomic mass is 10.00. The van der Waals surface area contributed by atoms with E-state index in [9.17, 15) is 0 Å². The number of aromatic nitrogens is 3. The van der Waals surface area contributed by atoms with Crippen LogP contribution in [-0.2, 0) is 0 Å². The molecule has 3 heteroatoms. The zero-order valence-electron chi connectivity index (χ0n) is 28.1. The van der Waals surface area contributed by atoms with Crippen LogP contribution in [0, 0.1) is 0 Å². The van der Waals surface area contributed by atoms with Gasteiger partial charge >= 0.3 is 0 Å². The molecule has 3 aromatic heterocycles. The van der Waals surface area contributed by atoms with Gasteiger partial charge in [-0.3, -0.25) is 4.98 Å². The molecule has 8 aromatic carbocycles. The molecule has 0 spiro atoms. The average Bonchev–Trinajstić information content (AvgIpc) is 3.83. The smallest absolute Gasteiger partial charge is 0.0792 e. The SMILES string of the molecule is c1ccc(-n2c3ccc(-c4ccc5c(c4)c4ccccc4n5-c4cc5c6c(nccc6c4)-c4ccccc4-5)cc3c3cc4ccccc4cc32)cc1. The Balaban J connectivity index is 1.08. The number of benzene rings is 8. The van der Waals surface area contributed by atoms with E-state index in [-0.39, 0.29) is 0 Å². The summed E-state index contributed by atoms with van der Waals surface area (Å²) in [5.41, 5.74) is 14.4. The Morgan fingerprint density at radius 3 is 1.77 bits per heavy atom. The van der Waals surface area contributed by atoms with Crippen LogP contribution in [0.2, 0.25) is 0 Å². The number of fused-ring (bicyclic) bond motifs is 10. The molecule has 12 rings (SSSR count). The van der Waals surface area contributed by atoms with Gasteiger partial charge in [-0.15, -0.1) is 0 Å². The highest BCUT2D eigenvalue weighted by Gasteiger charge is 2.24. The van der Waals surface area contributed by atoms with Crippen molar-refractivity contribution in [3.63, 3.8) is 0 Å². The van der Waals surface area contributed by atoms with Crippen molar-refractivity contribution in [3.05, 3.63) is 176 Å². The van der Waals surface area contributed by atoms with Gasteiger partial charge in [0.2, 0.25) is 0 Å². The van der Waals surface area contributed by atoms with Crippen LogP contribution in [0.15, 0.2) is 176 Å². The lowest BCUT2D eigenvalue weighted by Crippen LogP contribution is -1.95. The number of para-hydroxylation sites is 2. The van der Waals surface area contributed by atoms with Gasteiger partial charge in [0.25, 0.3) is 0 Å². The molecule has 240 valence electrons. The maximum atomic E-state index is 4.81. The Morgan fingerprint density at radius 1 is 0.346 bits per heavy atom. The molecule has 1 aliphatic carbocycles. The summed E-state index contributed by atoms with van der Waals surface area (Å²) in [4.78, 5) is 4.81. The van der Waals surface area contributed by atoms with Crippen molar-refractivity contribution in [2.24, 2.45) is 0 Å². The monoisotopic (exact) mass is 659 g/mol. The van der Waals surface area contributed by atoms with Gasteiger partial charge in [-0.2, -0.15) is 0 Å². The molecular weight excluding hydrogens is 631 g/mol. The minimum atomic E-state index is 1.08. The van der Waals surface area contributed by atoms with Crippen LogP contribution >= 0.6 is 0 Å². The van der Waals surface area contributed by atoms with E-state index in [1.54, 1.807) is 0 Å². The predicted molar refractivity (Wildman–Crippen MR) is 218 cm³/mol. The van der Waals surface area contributed by atoms with Crippen molar-refractivity contribution in [1.29, 1.82) is 0 Å². The molecule has 0 atom stereocenters. The number of hydrogen-bond acceptors (Lipinski definition) is 1. The number of nitrogens with zero attached hydrogens (tertiary/aromatic N) is 3. The van der Waals surface area contributed by atoms with Gasteiger partial charge in [-0.1, -0.05) is 97.1 Å². The quantitative estimate of drug-likeness (QED) is 0.185. The van der Waals surface area contributed by atoms with Crippen LogP contribution in [0.5, 0.6) is 0 Å². The molecule has 1 aliphatic rings. The molecule has 52 heavy (non-hydrogen) atoms. The second-order valence-electron chi connectivity index (χ2n) is 14.0. The third kappa shape index (κ3) is 3.77. The van der Waals surface area contributed by atoms with E-state index >= 15 is 0 Å². The first-order chi connectivity index (χ1) is 25.8. The molecule has 0 saturated heterocycles. The maximum absolute atomic E-state index is 4.81. The van der Waals surface area contributed by atoms with Gasteiger partial charge in [0, 0.05) is 50.1 Å². The molecule has 0 fully saturated rings. The Morgan fingerprint density at radius 2 is 0.962 bits per heavy atom. The third-order valence-corrected chi connectivity index (χ3v) is 11.2. The van der Waals surface area contributed by atoms with E-state index in [0.29, 0.717) is 0 Å². The van der Waals surface area contributed by atoms with Gasteiger partial charge in [0.1, 0.15) is 0 Å². The van der Waals surface area contributed by atoms with Crippen molar-refractivity contribution in [2.75, 3.05) is 0 Å². The molecule has 0 bridgehead atoms. The lowest BCUT2D eigenvalue weighted by Gasteiger charge is -2.12. The Kier molecular flexibility index (Phi) is 5.50. The van der Waals surface area contributed by atoms with Crippen LogP contribution in [-0.4, -0.2) is 14.1 Å². The number of rotatable bonds is 3. The van der Waals surface area contributed by atoms with Crippen molar-refractivity contribution >= 4 is 65.2 Å². The summed E-state index contributed by atoms with van der Waals surface area (Å²) in [7, 11) is 0. The van der Waals surface area contributed by atoms with Crippen LogP contribution in [0.25, 0.3) is 110 Å². The maximum Gasteiger partial charge on any atom is 0.0792 e. The van der Waals surface area contributed by atoms with E-state index in [1.807, 2.05) is 6.20 Å². The fraction of sp³-hybridized carbons (Fsp3) is 0. The van der Waals surface area contributed by atoms with E-state index in [1.165, 1.54) is 98.7 Å². The third-order valence-electron chi connectivity index (χ3n) is 11.2. The van der Waals surface area contributed by atoms with Crippen molar-refractivity contribution in [1.82, 2.24) is 14.1 Å². The molecule has 0 amide bonds. The van der Waals surface area contributed by atoms with Gasteiger partial charge in [0.15, 0.2) is 0 Å². The second-order valence-corrected chi connectivity index (χ2v) is 14.0. The Hall–Kier alpha value is -6.97. The van der Waals surface area contributed by atoms with E-state index in [4.69, 9.17) is 4.98 Å². The van der Waals surface area contributed by atoms with E-state index in [0.717, 1.165) is 11.4 Å². The Labute approximate surface area is 299 Å². The molecule has 0 unspecified atom stereocenters. The van der Waals surface area contributed by atoms with E-state index < -0.39 is 0 Å². The molecule has 11 aromatic rings. The standard InChI is InChI=1S/C49H29N3/c1-2-12-35(13-3-1)51-46-21-19-33(27-41(46)42-25-30-10-4-5-11-31(30)28-47(42)51)32-18-20-45-40(26-32)38-15-8-9-17-44(38)52(45)36-24-34-22-23-50-49-39-16-7-6-14-37(39)43(29-36)48(34)49/h1-29H. The second kappa shape index (κ2) is 10.3. The summed E-state index contributed by atoms with van der Waals surface area (Å²) < 4.78 is 4.84. The first-order valence-corrected chi connectivity index (χ1v) is 17.9. The first-order valence-electron chi connectivity index (χ1n) is 17.9. The van der Waals surface area contributed by atoms with E-state index in [2.05, 4.69) is 179 Å². The topological polar surface area (TPSA) is 22.8 Å². The summed E-state index contributed by atoms with van der Waals surface area (Å²) in [6.45, 7) is 0. The van der Waals surface area contributed by atoms with Crippen molar-refractivity contribution < 1.29 is 0 Å². The largest absolute Gasteiger partial charge is 0.309 e. The molecule has 3 heterocycles. The summed E-state index contributed by atoms with van der Waals surface area (Å²) in [6.07, 6.45) is 1.95. The number of hydrogen-bond donors (Lipinski definition) is 0. The van der Waals surface area contributed by atoms with Gasteiger partial charge < -0.3 is 9.13 Å². The molecule has 0 N–H and O–H groups in total. The minimum absolute atomic E-state index is 1.08. The molecule has 0 saturated carbocycles. The van der Waals surface area contributed by atoms with Crippen LogP contribution in [0.4, 0.5) is 0 Å². The van der Waals surface area contributed by atoms with Gasteiger partial charge in [-0.25, -0.2) is 0 Å². The Bertz CT molecular complexity index is 3290. The highest BCUT2D eigenvalue weighted by Crippen LogP contribution is 2.48. The lowest BCUT2D eigenvalue weighted by molar-refractivity contribution is 1.18. The first kappa shape index (κ1) is 27.8. The molecule has 3 nitrogen and oxygen atoms in total.